The zero-order chi connectivity index (χ0) is 15.1. The van der Waals surface area contributed by atoms with Crippen LogP contribution in [0.5, 0.6) is 0 Å². The van der Waals surface area contributed by atoms with Crippen molar-refractivity contribution < 1.29 is 0 Å². The summed E-state index contributed by atoms with van der Waals surface area (Å²) in [6.07, 6.45) is 2.72. The van der Waals surface area contributed by atoms with Crippen molar-refractivity contribution in [1.82, 2.24) is 15.1 Å². The number of likely N-dealkylation sites (N-methyl/N-ethyl adjacent to an activating group) is 3. The Kier molecular flexibility index (Phi) is 6.68. The average Bonchev–Trinajstić information content (AvgIpc) is 2.95. The first-order valence-corrected chi connectivity index (χ1v) is 8.45. The molecular weight excluding hydrogens is 258 g/mol. The fourth-order valence-corrected chi connectivity index (χ4v) is 3.48. The maximum Gasteiger partial charge on any atom is 0.0449 e. The van der Waals surface area contributed by atoms with Gasteiger partial charge in [-0.3, -0.25) is 4.90 Å². The van der Waals surface area contributed by atoms with Crippen LogP contribution in [0.2, 0.25) is 0 Å². The van der Waals surface area contributed by atoms with E-state index in [-0.39, 0.29) is 0 Å². The summed E-state index contributed by atoms with van der Waals surface area (Å²) in [5.74, 6) is 0. The van der Waals surface area contributed by atoms with Crippen molar-refractivity contribution in [2.75, 3.05) is 39.8 Å². The van der Waals surface area contributed by atoms with Gasteiger partial charge in [-0.05, 0) is 45.1 Å². The molecule has 118 valence electrons. The molecule has 3 nitrogen and oxygen atoms in total. The Morgan fingerprint density at radius 2 is 2.05 bits per heavy atom. The largest absolute Gasteiger partial charge is 0.309 e. The highest BCUT2D eigenvalue weighted by Crippen LogP contribution is 2.19. The molecule has 2 rings (SSSR count). The molecule has 0 radical (unpaired) electrons. The molecule has 2 unspecified atom stereocenters. The van der Waals surface area contributed by atoms with E-state index < -0.39 is 0 Å². The summed E-state index contributed by atoms with van der Waals surface area (Å²) in [7, 11) is 2.26. The summed E-state index contributed by atoms with van der Waals surface area (Å²) < 4.78 is 0. The molecule has 0 aliphatic carbocycles. The van der Waals surface area contributed by atoms with Crippen LogP contribution in [-0.2, 0) is 0 Å². The van der Waals surface area contributed by atoms with Gasteiger partial charge >= 0.3 is 0 Å². The van der Waals surface area contributed by atoms with Gasteiger partial charge in [0.05, 0.1) is 0 Å². The monoisotopic (exact) mass is 289 g/mol. The summed E-state index contributed by atoms with van der Waals surface area (Å²) in [5.41, 5.74) is 1.39. The number of hydrogen-bond acceptors (Lipinski definition) is 3. The third kappa shape index (κ3) is 4.80. The number of likely N-dealkylation sites (tertiary alicyclic amines) is 1. The van der Waals surface area contributed by atoms with E-state index in [1.165, 1.54) is 38.0 Å². The summed E-state index contributed by atoms with van der Waals surface area (Å²) in [6, 6.07) is 12.0. The fourth-order valence-electron chi connectivity index (χ4n) is 3.48. The zero-order valence-corrected chi connectivity index (χ0v) is 13.9. The maximum absolute atomic E-state index is 3.62. The van der Waals surface area contributed by atoms with Crippen molar-refractivity contribution >= 4 is 0 Å². The summed E-state index contributed by atoms with van der Waals surface area (Å²) in [5, 5.41) is 3.62. The second-order valence-corrected chi connectivity index (χ2v) is 6.17. The molecule has 0 spiro atoms. The van der Waals surface area contributed by atoms with Gasteiger partial charge in [-0.2, -0.15) is 0 Å². The van der Waals surface area contributed by atoms with Gasteiger partial charge in [0.2, 0.25) is 0 Å². The minimum absolute atomic E-state index is 0.428. The Morgan fingerprint density at radius 3 is 2.71 bits per heavy atom. The molecule has 1 aliphatic rings. The lowest BCUT2D eigenvalue weighted by atomic mass is 10.1. The predicted molar refractivity (Wildman–Crippen MR) is 90.6 cm³/mol. The molecule has 0 saturated carbocycles. The lowest BCUT2D eigenvalue weighted by Gasteiger charge is -2.30. The van der Waals surface area contributed by atoms with Crippen molar-refractivity contribution in [3.05, 3.63) is 35.9 Å². The minimum Gasteiger partial charge on any atom is -0.309 e. The first-order valence-electron chi connectivity index (χ1n) is 8.45. The van der Waals surface area contributed by atoms with E-state index in [2.05, 4.69) is 66.3 Å². The molecule has 1 saturated heterocycles. The van der Waals surface area contributed by atoms with E-state index in [1.807, 2.05) is 0 Å². The number of hydrogen-bond donors (Lipinski definition) is 1. The predicted octanol–water partition coefficient (Wildman–Crippen LogP) is 2.75. The summed E-state index contributed by atoms with van der Waals surface area (Å²) >= 11 is 0. The van der Waals surface area contributed by atoms with Gasteiger partial charge in [0, 0.05) is 25.2 Å². The quantitative estimate of drug-likeness (QED) is 0.794. The number of nitrogens with one attached hydrogen (secondary N) is 1. The Balaban J connectivity index is 1.90. The minimum atomic E-state index is 0.428. The Hall–Kier alpha value is -0.900. The number of nitrogens with zero attached hydrogens (tertiary/aromatic N) is 2. The first kappa shape index (κ1) is 16.5. The number of rotatable bonds is 8. The Labute approximate surface area is 130 Å². The molecule has 0 bridgehead atoms. The van der Waals surface area contributed by atoms with Crippen molar-refractivity contribution in [1.29, 1.82) is 0 Å². The molecule has 1 aromatic rings. The van der Waals surface area contributed by atoms with Crippen LogP contribution in [0.4, 0.5) is 0 Å². The molecule has 1 aromatic carbocycles. The van der Waals surface area contributed by atoms with Gasteiger partial charge in [-0.15, -0.1) is 0 Å². The van der Waals surface area contributed by atoms with Gasteiger partial charge in [0.25, 0.3) is 0 Å². The smallest absolute Gasteiger partial charge is 0.0449 e. The molecule has 1 N–H and O–H groups in total. The van der Waals surface area contributed by atoms with Crippen LogP contribution in [-0.4, -0.2) is 55.6 Å². The molecule has 1 heterocycles. The van der Waals surface area contributed by atoms with Crippen molar-refractivity contribution in [3.63, 3.8) is 0 Å². The lowest BCUT2D eigenvalue weighted by molar-refractivity contribution is 0.188. The average molecular weight is 289 g/mol. The van der Waals surface area contributed by atoms with Crippen LogP contribution in [0.25, 0.3) is 0 Å². The second kappa shape index (κ2) is 8.52. The molecule has 0 amide bonds. The third-order valence-corrected chi connectivity index (χ3v) is 4.57. The fraction of sp³-hybridized carbons (Fsp3) is 0.667. The van der Waals surface area contributed by atoms with Gasteiger partial charge < -0.3 is 10.2 Å². The van der Waals surface area contributed by atoms with Crippen LogP contribution < -0.4 is 5.32 Å². The highest BCUT2D eigenvalue weighted by molar-refractivity contribution is 5.19. The third-order valence-electron chi connectivity index (χ3n) is 4.57. The number of benzene rings is 1. The van der Waals surface area contributed by atoms with E-state index in [4.69, 9.17) is 0 Å². The zero-order valence-electron chi connectivity index (χ0n) is 13.9. The standard InChI is InChI=1S/C18H31N3/c1-4-19-18(16-10-7-6-8-11-16)15-20(3)14-17-12-9-13-21(17)5-2/h6-8,10-11,17-19H,4-5,9,12-15H2,1-3H3. The molecule has 2 atom stereocenters. The molecule has 21 heavy (non-hydrogen) atoms. The van der Waals surface area contributed by atoms with Crippen LogP contribution >= 0.6 is 0 Å². The topological polar surface area (TPSA) is 18.5 Å². The normalized spacial score (nSPS) is 21.0. The molecule has 0 aromatic heterocycles. The van der Waals surface area contributed by atoms with Crippen molar-refractivity contribution in [2.45, 2.75) is 38.8 Å². The van der Waals surface area contributed by atoms with Crippen LogP contribution in [0.15, 0.2) is 30.3 Å². The van der Waals surface area contributed by atoms with Gasteiger partial charge in [0.1, 0.15) is 0 Å². The molecule has 1 fully saturated rings. The van der Waals surface area contributed by atoms with E-state index in [0.717, 1.165) is 19.1 Å². The van der Waals surface area contributed by atoms with Gasteiger partial charge in [-0.1, -0.05) is 44.2 Å². The van der Waals surface area contributed by atoms with Crippen molar-refractivity contribution in [3.8, 4) is 0 Å². The van der Waals surface area contributed by atoms with Crippen LogP contribution in [0, 0.1) is 0 Å². The van der Waals surface area contributed by atoms with Gasteiger partial charge in [0.15, 0.2) is 0 Å². The van der Waals surface area contributed by atoms with E-state index in [1.54, 1.807) is 0 Å². The van der Waals surface area contributed by atoms with E-state index in [9.17, 15) is 0 Å². The van der Waals surface area contributed by atoms with E-state index >= 15 is 0 Å². The van der Waals surface area contributed by atoms with Crippen LogP contribution in [0.3, 0.4) is 0 Å². The Morgan fingerprint density at radius 1 is 1.29 bits per heavy atom. The molecular formula is C18H31N3. The maximum atomic E-state index is 3.62. The van der Waals surface area contributed by atoms with E-state index in [0.29, 0.717) is 6.04 Å². The van der Waals surface area contributed by atoms with Gasteiger partial charge in [-0.25, -0.2) is 0 Å². The summed E-state index contributed by atoms with van der Waals surface area (Å²) in [6.45, 7) is 10.2. The summed E-state index contributed by atoms with van der Waals surface area (Å²) in [4.78, 5) is 5.13. The second-order valence-electron chi connectivity index (χ2n) is 6.17. The van der Waals surface area contributed by atoms with Crippen LogP contribution in [0.1, 0.15) is 38.3 Å². The Bertz CT molecular complexity index is 393. The highest BCUT2D eigenvalue weighted by atomic mass is 15.2. The molecule has 3 heteroatoms. The lowest BCUT2D eigenvalue weighted by Crippen LogP contribution is -2.41. The van der Waals surface area contributed by atoms with Crippen molar-refractivity contribution in [2.24, 2.45) is 0 Å². The first-order chi connectivity index (χ1) is 10.2. The SMILES string of the molecule is CCNC(CN(C)CC1CCCN1CC)c1ccccc1. The molecule has 1 aliphatic heterocycles. The highest BCUT2D eigenvalue weighted by Gasteiger charge is 2.24.